The Morgan fingerprint density at radius 1 is 1.03 bits per heavy atom. The van der Waals surface area contributed by atoms with Crippen molar-refractivity contribution in [3.05, 3.63) is 96.4 Å². The molecule has 0 aliphatic heterocycles. The van der Waals surface area contributed by atoms with Gasteiger partial charge < -0.3 is 20.1 Å². The second-order valence-electron chi connectivity index (χ2n) is 9.20. The Bertz CT molecular complexity index is 1520. The highest BCUT2D eigenvalue weighted by atomic mass is 16.5. The van der Waals surface area contributed by atoms with Crippen molar-refractivity contribution < 1.29 is 14.6 Å². The van der Waals surface area contributed by atoms with Crippen molar-refractivity contribution in [2.24, 2.45) is 0 Å². The van der Waals surface area contributed by atoms with Crippen LogP contribution in [0, 0.1) is 0 Å². The molecule has 0 unspecified atom stereocenters. The second kappa shape index (κ2) is 10.2. The lowest BCUT2D eigenvalue weighted by molar-refractivity contribution is 0.0910. The predicted octanol–water partition coefficient (Wildman–Crippen LogP) is 5.50. The van der Waals surface area contributed by atoms with Gasteiger partial charge in [-0.15, -0.1) is 0 Å². The van der Waals surface area contributed by atoms with Crippen LogP contribution in [0.5, 0.6) is 5.75 Å². The fourth-order valence-corrected chi connectivity index (χ4v) is 4.57. The largest absolute Gasteiger partial charge is 0.490 e. The maximum absolute atomic E-state index is 13.5. The number of nitrogens with zero attached hydrogens (tertiary/aromatic N) is 1. The average Bonchev–Trinajstić information content (AvgIpc) is 3.30. The van der Waals surface area contributed by atoms with Gasteiger partial charge >= 0.3 is 0 Å². The molecule has 6 heteroatoms. The zero-order valence-corrected chi connectivity index (χ0v) is 20.4. The molecular weight excluding hydrogens is 450 g/mol. The van der Waals surface area contributed by atoms with E-state index in [4.69, 9.17) is 4.74 Å². The Morgan fingerprint density at radius 2 is 1.81 bits per heavy atom. The first-order chi connectivity index (χ1) is 17.5. The van der Waals surface area contributed by atoms with E-state index < -0.39 is 6.04 Å². The molecule has 3 N–H and O–H groups in total. The fourth-order valence-electron chi connectivity index (χ4n) is 4.57. The summed E-state index contributed by atoms with van der Waals surface area (Å²) in [5, 5.41) is 16.3. The van der Waals surface area contributed by atoms with Gasteiger partial charge in [-0.1, -0.05) is 48.5 Å². The third-order valence-corrected chi connectivity index (χ3v) is 6.26. The molecule has 5 aromatic rings. The van der Waals surface area contributed by atoms with Crippen molar-refractivity contribution in [2.45, 2.75) is 32.4 Å². The van der Waals surface area contributed by atoms with Gasteiger partial charge in [0.1, 0.15) is 5.75 Å². The molecule has 0 aliphatic rings. The molecule has 36 heavy (non-hydrogen) atoms. The van der Waals surface area contributed by atoms with Crippen LogP contribution in [0.25, 0.3) is 32.8 Å². The smallest absolute Gasteiger partial charge is 0.255 e. The molecule has 5 rings (SSSR count). The molecule has 0 spiro atoms. The molecule has 0 bridgehead atoms. The Hall–Kier alpha value is -4.16. The summed E-state index contributed by atoms with van der Waals surface area (Å²) < 4.78 is 5.98. The van der Waals surface area contributed by atoms with Crippen molar-refractivity contribution in [1.29, 1.82) is 0 Å². The van der Waals surface area contributed by atoms with Gasteiger partial charge in [0.25, 0.3) is 5.91 Å². The first-order valence-corrected chi connectivity index (χ1v) is 12.1. The van der Waals surface area contributed by atoms with Crippen LogP contribution in [0.2, 0.25) is 0 Å². The number of H-pyrrole nitrogens is 1. The number of benzene rings is 3. The number of nitrogens with one attached hydrogen (secondary N) is 2. The fraction of sp³-hybridized carbons (Fsp3) is 0.200. The van der Waals surface area contributed by atoms with Crippen LogP contribution in [-0.4, -0.2) is 39.7 Å². The van der Waals surface area contributed by atoms with Crippen LogP contribution in [0.1, 0.15) is 29.8 Å². The summed E-state index contributed by atoms with van der Waals surface area (Å²) in [6.07, 6.45) is 5.98. The van der Waals surface area contributed by atoms with E-state index in [1.54, 1.807) is 0 Å². The Morgan fingerprint density at radius 3 is 2.61 bits per heavy atom. The first-order valence-electron chi connectivity index (χ1n) is 12.1. The number of carbonyl (C=O) groups is 1. The van der Waals surface area contributed by atoms with Gasteiger partial charge in [-0.05, 0) is 55.0 Å². The van der Waals surface area contributed by atoms with Gasteiger partial charge in [0.2, 0.25) is 0 Å². The minimum Gasteiger partial charge on any atom is -0.490 e. The van der Waals surface area contributed by atoms with Crippen LogP contribution in [-0.2, 0) is 6.42 Å². The van der Waals surface area contributed by atoms with Gasteiger partial charge in [0, 0.05) is 40.4 Å². The third-order valence-electron chi connectivity index (χ3n) is 6.26. The van der Waals surface area contributed by atoms with Gasteiger partial charge in [0.15, 0.2) is 0 Å². The predicted molar refractivity (Wildman–Crippen MR) is 143 cm³/mol. The number of aliphatic hydroxyl groups is 1. The number of rotatable bonds is 8. The van der Waals surface area contributed by atoms with E-state index in [9.17, 15) is 9.90 Å². The lowest BCUT2D eigenvalue weighted by Gasteiger charge is -2.19. The quantitative estimate of drug-likeness (QED) is 0.274. The van der Waals surface area contributed by atoms with Crippen molar-refractivity contribution >= 4 is 27.6 Å². The molecule has 2 heterocycles. The lowest BCUT2D eigenvalue weighted by atomic mass is 9.98. The molecule has 2 aromatic heterocycles. The van der Waals surface area contributed by atoms with E-state index in [-0.39, 0.29) is 18.6 Å². The molecular formula is C30H29N3O3. The highest BCUT2D eigenvalue weighted by Crippen LogP contribution is 2.32. The lowest BCUT2D eigenvalue weighted by Crippen LogP contribution is -2.39. The number of carbonyl (C=O) groups excluding carboxylic acids is 1. The Balaban J connectivity index is 1.47. The standard InChI is InChI=1S/C30H29N3O3/c1-19(2)36-29-12-11-20(27-17-31-15-21-7-3-4-8-24(21)27)14-26(29)30(35)33-23(18-34)13-22-16-32-28-10-6-5-9-25(22)28/h3-12,14-17,19,23,32,34H,13,18H2,1-2H3,(H,33,35)/t23-/m1/s1. The summed E-state index contributed by atoms with van der Waals surface area (Å²) in [5.74, 6) is 0.211. The highest BCUT2D eigenvalue weighted by Gasteiger charge is 2.20. The minimum atomic E-state index is -0.452. The van der Waals surface area contributed by atoms with Crippen molar-refractivity contribution in [3.8, 4) is 16.9 Å². The first kappa shape index (κ1) is 23.6. The summed E-state index contributed by atoms with van der Waals surface area (Å²) in [6.45, 7) is 3.67. The number of hydrogen-bond donors (Lipinski definition) is 3. The zero-order chi connectivity index (χ0) is 25.1. The van der Waals surface area contributed by atoms with Crippen LogP contribution in [0.15, 0.2) is 85.3 Å². The van der Waals surface area contributed by atoms with Crippen molar-refractivity contribution in [3.63, 3.8) is 0 Å². The van der Waals surface area contributed by atoms with E-state index >= 15 is 0 Å². The van der Waals surface area contributed by atoms with Crippen LogP contribution in [0.4, 0.5) is 0 Å². The molecule has 0 saturated heterocycles. The number of fused-ring (bicyclic) bond motifs is 2. The summed E-state index contributed by atoms with van der Waals surface area (Å²) in [6, 6.07) is 21.2. The number of pyridine rings is 1. The Labute approximate surface area is 210 Å². The van der Waals surface area contributed by atoms with Gasteiger partial charge in [0.05, 0.1) is 24.3 Å². The summed E-state index contributed by atoms with van der Waals surface area (Å²) in [4.78, 5) is 21.2. The SMILES string of the molecule is CC(C)Oc1ccc(-c2cncc3ccccc23)cc1C(=O)N[C@@H](CO)Cc1c[nH]c2ccccc12. The normalized spacial score (nSPS) is 12.2. The maximum atomic E-state index is 13.5. The van der Waals surface area contributed by atoms with E-state index in [1.807, 2.05) is 99.2 Å². The van der Waals surface area contributed by atoms with Crippen molar-refractivity contribution in [1.82, 2.24) is 15.3 Å². The summed E-state index contributed by atoms with van der Waals surface area (Å²) in [7, 11) is 0. The molecule has 0 fully saturated rings. The maximum Gasteiger partial charge on any atom is 0.255 e. The third kappa shape index (κ3) is 4.81. The number of amides is 1. The average molecular weight is 480 g/mol. The topological polar surface area (TPSA) is 87.2 Å². The molecule has 1 atom stereocenters. The second-order valence-corrected chi connectivity index (χ2v) is 9.20. The van der Waals surface area contributed by atoms with Gasteiger partial charge in [-0.2, -0.15) is 0 Å². The minimum absolute atomic E-state index is 0.0959. The molecule has 0 aliphatic carbocycles. The monoisotopic (exact) mass is 479 g/mol. The number of aromatic nitrogens is 2. The Kier molecular flexibility index (Phi) is 6.69. The molecule has 182 valence electrons. The number of ether oxygens (including phenoxy) is 1. The highest BCUT2D eigenvalue weighted by molar-refractivity contribution is 6.01. The van der Waals surface area contributed by atoms with E-state index in [0.717, 1.165) is 38.4 Å². The number of aliphatic hydroxyl groups excluding tert-OH is 1. The molecule has 0 radical (unpaired) electrons. The molecule has 3 aromatic carbocycles. The number of hydrogen-bond acceptors (Lipinski definition) is 4. The molecule has 6 nitrogen and oxygen atoms in total. The van der Waals surface area contributed by atoms with Gasteiger partial charge in [-0.3, -0.25) is 9.78 Å². The summed E-state index contributed by atoms with van der Waals surface area (Å²) >= 11 is 0. The van der Waals surface area contributed by atoms with Crippen LogP contribution < -0.4 is 10.1 Å². The van der Waals surface area contributed by atoms with E-state index in [0.29, 0.717) is 17.7 Å². The molecule has 0 saturated carbocycles. The van der Waals surface area contributed by atoms with E-state index in [2.05, 4.69) is 15.3 Å². The van der Waals surface area contributed by atoms with Crippen LogP contribution in [0.3, 0.4) is 0 Å². The zero-order valence-electron chi connectivity index (χ0n) is 20.4. The van der Waals surface area contributed by atoms with E-state index in [1.165, 1.54) is 0 Å². The number of aromatic amines is 1. The summed E-state index contributed by atoms with van der Waals surface area (Å²) in [5.41, 5.74) is 4.30. The van der Waals surface area contributed by atoms with Gasteiger partial charge in [-0.25, -0.2) is 0 Å². The van der Waals surface area contributed by atoms with Crippen LogP contribution >= 0.6 is 0 Å². The molecule has 1 amide bonds. The number of para-hydroxylation sites is 1. The van der Waals surface area contributed by atoms with Crippen molar-refractivity contribution in [2.75, 3.05) is 6.61 Å².